The van der Waals surface area contributed by atoms with Crippen molar-refractivity contribution in [3.8, 4) is 0 Å². The minimum absolute atomic E-state index is 0.00108. The molecular weight excluding hydrogens is 340 g/mol. The van der Waals surface area contributed by atoms with Crippen LogP contribution in [0.15, 0.2) is 52.9 Å². The Kier molecular flexibility index (Phi) is 3.38. The van der Waals surface area contributed by atoms with Crippen molar-refractivity contribution in [2.45, 2.75) is 12.0 Å². The molecule has 0 bridgehead atoms. The van der Waals surface area contributed by atoms with Gasteiger partial charge in [0.25, 0.3) is 11.6 Å². The largest absolute Gasteiger partial charge is 0.453 e. The molecule has 0 aliphatic carbocycles. The normalized spacial score (nSPS) is 18.6. The highest BCUT2D eigenvalue weighted by Crippen LogP contribution is 2.41. The first-order valence-corrected chi connectivity index (χ1v) is 7.73. The van der Waals surface area contributed by atoms with Gasteiger partial charge in [-0.2, -0.15) is 0 Å². The lowest BCUT2D eigenvalue weighted by atomic mass is 9.89. The second kappa shape index (κ2) is 5.50. The van der Waals surface area contributed by atoms with Gasteiger partial charge in [-0.3, -0.25) is 19.7 Å². The lowest BCUT2D eigenvalue weighted by Crippen LogP contribution is -2.36. The van der Waals surface area contributed by atoms with E-state index in [1.54, 1.807) is 24.3 Å². The number of furan rings is 1. The first-order valence-electron chi connectivity index (χ1n) is 7.73. The number of nitro groups is 1. The molecule has 1 aliphatic heterocycles. The van der Waals surface area contributed by atoms with E-state index in [0.717, 1.165) is 11.5 Å². The number of rotatable bonds is 4. The smallest absolute Gasteiger partial charge is 0.269 e. The molecule has 130 valence electrons. The molecule has 2 N–H and O–H groups in total. The zero-order valence-electron chi connectivity index (χ0n) is 13.3. The maximum atomic E-state index is 12.6. The Bertz CT molecular complexity index is 1050. The molecule has 0 saturated heterocycles. The van der Waals surface area contributed by atoms with Crippen molar-refractivity contribution >= 4 is 34.0 Å². The summed E-state index contributed by atoms with van der Waals surface area (Å²) < 4.78 is 5.47. The van der Waals surface area contributed by atoms with Crippen LogP contribution in [0.1, 0.15) is 22.5 Å². The summed E-state index contributed by atoms with van der Waals surface area (Å²) in [7, 11) is 0. The van der Waals surface area contributed by atoms with Crippen LogP contribution < -0.4 is 5.32 Å². The Morgan fingerprint density at radius 1 is 1.23 bits per heavy atom. The minimum atomic E-state index is -2.20. The summed E-state index contributed by atoms with van der Waals surface area (Å²) in [6.45, 7) is 0. The van der Waals surface area contributed by atoms with Crippen molar-refractivity contribution in [3.63, 3.8) is 0 Å². The second-order valence-electron chi connectivity index (χ2n) is 6.05. The molecule has 1 aromatic heterocycles. The Labute approximate surface area is 146 Å². The van der Waals surface area contributed by atoms with E-state index in [-0.39, 0.29) is 22.7 Å². The third-order valence-corrected chi connectivity index (χ3v) is 4.40. The summed E-state index contributed by atoms with van der Waals surface area (Å²) in [6.07, 6.45) is -0.590. The molecule has 0 saturated carbocycles. The number of nitrogens with one attached hydrogen (secondary N) is 1. The number of amides is 1. The predicted molar refractivity (Wildman–Crippen MR) is 90.8 cm³/mol. The molecule has 1 atom stereocenters. The molecule has 1 unspecified atom stereocenters. The maximum absolute atomic E-state index is 12.6. The standard InChI is InChI=1S/C18H12N2O6/c21-14(16-7-10-3-1-2-4-15(10)26-16)9-18(23)12-8-11(20(24)25)5-6-13(12)19-17(18)22/h1-8,23H,9H2,(H,19,22). The van der Waals surface area contributed by atoms with Crippen molar-refractivity contribution in [2.24, 2.45) is 0 Å². The zero-order valence-corrected chi connectivity index (χ0v) is 13.3. The maximum Gasteiger partial charge on any atom is 0.269 e. The topological polar surface area (TPSA) is 123 Å². The number of carbonyl (C=O) groups is 2. The Hall–Kier alpha value is -3.52. The summed E-state index contributed by atoms with van der Waals surface area (Å²) >= 11 is 0. The molecule has 0 radical (unpaired) electrons. The lowest BCUT2D eigenvalue weighted by molar-refractivity contribution is -0.385. The first-order chi connectivity index (χ1) is 12.4. The van der Waals surface area contributed by atoms with Gasteiger partial charge in [-0.15, -0.1) is 0 Å². The lowest BCUT2D eigenvalue weighted by Gasteiger charge is -2.19. The highest BCUT2D eigenvalue weighted by atomic mass is 16.6. The number of anilines is 1. The summed E-state index contributed by atoms with van der Waals surface area (Å²) in [5.41, 5.74) is -1.73. The summed E-state index contributed by atoms with van der Waals surface area (Å²) in [5.74, 6) is -1.39. The Morgan fingerprint density at radius 2 is 2.00 bits per heavy atom. The Balaban J connectivity index is 1.71. The third kappa shape index (κ3) is 2.35. The minimum Gasteiger partial charge on any atom is -0.453 e. The molecule has 8 nitrogen and oxygen atoms in total. The van der Waals surface area contributed by atoms with E-state index in [1.165, 1.54) is 18.2 Å². The number of para-hydroxylation sites is 1. The van der Waals surface area contributed by atoms with Crippen molar-refractivity contribution in [3.05, 3.63) is 70.0 Å². The number of aliphatic hydroxyl groups is 1. The van der Waals surface area contributed by atoms with Crippen LogP contribution in [0.2, 0.25) is 0 Å². The molecule has 8 heteroatoms. The van der Waals surface area contributed by atoms with Crippen LogP contribution in [0.25, 0.3) is 11.0 Å². The number of ketones is 1. The van der Waals surface area contributed by atoms with Crippen molar-refractivity contribution in [2.75, 3.05) is 5.32 Å². The van der Waals surface area contributed by atoms with Gasteiger partial charge in [-0.25, -0.2) is 0 Å². The fourth-order valence-electron chi connectivity index (χ4n) is 3.06. The molecule has 1 aliphatic rings. The second-order valence-corrected chi connectivity index (χ2v) is 6.05. The average Bonchev–Trinajstić information content (AvgIpc) is 3.15. The average molecular weight is 352 g/mol. The van der Waals surface area contributed by atoms with Crippen LogP contribution in [-0.4, -0.2) is 21.7 Å². The van der Waals surface area contributed by atoms with Gasteiger partial charge in [0.1, 0.15) is 5.58 Å². The SMILES string of the molecule is O=C(CC1(O)C(=O)Nc2ccc([N+](=O)[O-])cc21)c1cc2ccccc2o1. The number of carbonyl (C=O) groups excluding carboxylic acids is 2. The van der Waals surface area contributed by atoms with Crippen LogP contribution in [0.3, 0.4) is 0 Å². The van der Waals surface area contributed by atoms with Crippen molar-refractivity contribution in [1.29, 1.82) is 0 Å². The van der Waals surface area contributed by atoms with Crippen LogP contribution >= 0.6 is 0 Å². The van der Waals surface area contributed by atoms with Crippen molar-refractivity contribution in [1.82, 2.24) is 0 Å². The van der Waals surface area contributed by atoms with Gasteiger partial charge in [0.05, 0.1) is 11.3 Å². The summed E-state index contributed by atoms with van der Waals surface area (Å²) in [6, 6.07) is 12.2. The van der Waals surface area contributed by atoms with Gasteiger partial charge < -0.3 is 14.8 Å². The van der Waals surface area contributed by atoms with E-state index in [4.69, 9.17) is 4.42 Å². The molecule has 4 rings (SSSR count). The van der Waals surface area contributed by atoms with E-state index in [9.17, 15) is 24.8 Å². The van der Waals surface area contributed by atoms with Crippen LogP contribution in [-0.2, 0) is 10.4 Å². The fourth-order valence-corrected chi connectivity index (χ4v) is 3.06. The highest BCUT2D eigenvalue weighted by Gasteiger charge is 2.48. The fraction of sp³-hybridized carbons (Fsp3) is 0.111. The van der Waals surface area contributed by atoms with Gasteiger partial charge in [0, 0.05) is 28.8 Å². The number of hydrogen-bond acceptors (Lipinski definition) is 6. The number of nitro benzene ring substituents is 1. The number of benzene rings is 2. The monoisotopic (exact) mass is 352 g/mol. The molecule has 3 aromatic rings. The number of Topliss-reactive ketones (excluding diaryl/α,β-unsaturated/α-hetero) is 1. The van der Waals surface area contributed by atoms with Gasteiger partial charge in [-0.1, -0.05) is 18.2 Å². The number of hydrogen-bond donors (Lipinski definition) is 2. The van der Waals surface area contributed by atoms with Crippen molar-refractivity contribution < 1.29 is 24.0 Å². The van der Waals surface area contributed by atoms with Gasteiger partial charge >= 0.3 is 0 Å². The third-order valence-electron chi connectivity index (χ3n) is 4.40. The molecule has 26 heavy (non-hydrogen) atoms. The quantitative estimate of drug-likeness (QED) is 0.423. The van der Waals surface area contributed by atoms with Gasteiger partial charge in [0.2, 0.25) is 5.78 Å². The van der Waals surface area contributed by atoms with Gasteiger partial charge in [-0.05, 0) is 18.2 Å². The van der Waals surface area contributed by atoms with E-state index in [0.29, 0.717) is 5.58 Å². The molecule has 0 spiro atoms. The van der Waals surface area contributed by atoms with Crippen LogP contribution in [0, 0.1) is 10.1 Å². The number of nitrogens with zero attached hydrogens (tertiary/aromatic N) is 1. The highest BCUT2D eigenvalue weighted by molar-refractivity contribution is 6.09. The summed E-state index contributed by atoms with van der Waals surface area (Å²) in [4.78, 5) is 35.2. The van der Waals surface area contributed by atoms with Crippen LogP contribution in [0.4, 0.5) is 11.4 Å². The van der Waals surface area contributed by atoms with Crippen LogP contribution in [0.5, 0.6) is 0 Å². The predicted octanol–water partition coefficient (Wildman–Crippen LogP) is 2.75. The molecule has 2 aromatic carbocycles. The Morgan fingerprint density at radius 3 is 2.73 bits per heavy atom. The first kappa shape index (κ1) is 16.0. The van der Waals surface area contributed by atoms with E-state index in [1.807, 2.05) is 0 Å². The van der Waals surface area contributed by atoms with E-state index in [2.05, 4.69) is 5.32 Å². The van der Waals surface area contributed by atoms with E-state index < -0.39 is 28.6 Å². The zero-order chi connectivity index (χ0) is 18.5. The molecule has 1 amide bonds. The number of non-ortho nitro benzene ring substituents is 1. The number of fused-ring (bicyclic) bond motifs is 2. The summed E-state index contributed by atoms with van der Waals surface area (Å²) in [5, 5.41) is 25.0. The molecule has 0 fully saturated rings. The van der Waals surface area contributed by atoms with Gasteiger partial charge in [0.15, 0.2) is 11.4 Å². The molecular formula is C18H12N2O6. The van der Waals surface area contributed by atoms with E-state index >= 15 is 0 Å². The molecule has 2 heterocycles.